The normalized spacial score (nSPS) is 16.8. The molecule has 6 atom stereocenters. The zero-order valence-electron chi connectivity index (χ0n) is 17.7. The third kappa shape index (κ3) is 5.17. The van der Waals surface area contributed by atoms with Crippen molar-refractivity contribution in [3.63, 3.8) is 0 Å². The van der Waals surface area contributed by atoms with Gasteiger partial charge in [0.25, 0.3) is 0 Å². The van der Waals surface area contributed by atoms with Crippen molar-refractivity contribution in [2.45, 2.75) is 0 Å². The summed E-state index contributed by atoms with van der Waals surface area (Å²) in [6, 6.07) is 1.18. The Labute approximate surface area is 206 Å². The van der Waals surface area contributed by atoms with E-state index in [4.69, 9.17) is 11.5 Å². The fraction of sp³-hybridized carbons (Fsp3) is 0. The second kappa shape index (κ2) is 10.7. The number of nitrogens with zero attached hydrogens (tertiary/aromatic N) is 2. The van der Waals surface area contributed by atoms with Gasteiger partial charge in [0, 0.05) is 0 Å². The molecular weight excluding hydrogens is 532 g/mol. The number of hydrogen-bond acceptors (Lipinski definition) is 17. The van der Waals surface area contributed by atoms with Gasteiger partial charge in [0.2, 0.25) is 11.4 Å². The summed E-state index contributed by atoms with van der Waals surface area (Å²) < 4.78 is 0. The largest absolute Gasteiger partial charge is 0.595 e. The van der Waals surface area contributed by atoms with E-state index in [-0.39, 0.29) is 0 Å². The van der Waals surface area contributed by atoms with Gasteiger partial charge in [0.1, 0.15) is 11.1 Å². The number of anilines is 2. The highest BCUT2D eigenvalue weighted by atomic mass is 32.1. The number of nitrogens with one attached hydrogen (secondary N) is 6. The van der Waals surface area contributed by atoms with Gasteiger partial charge in [0.15, 0.2) is 44.1 Å². The Hall–Kier alpha value is -3.12. The first-order valence-electron chi connectivity index (χ1n) is 9.35. The highest BCUT2D eigenvalue weighted by Crippen LogP contribution is 2.44. The van der Waals surface area contributed by atoms with Crippen LogP contribution in [0.1, 0.15) is 0 Å². The molecule has 0 bridgehead atoms. The molecule has 6 unspecified atom stereocenters. The van der Waals surface area contributed by atoms with Gasteiger partial charge >= 0.3 is 0 Å². The predicted octanol–water partition coefficient (Wildman–Crippen LogP) is -6.54. The van der Waals surface area contributed by atoms with Crippen LogP contribution in [0.5, 0.6) is 0 Å². The van der Waals surface area contributed by atoms with Gasteiger partial charge in [-0.3, -0.25) is 0 Å². The molecule has 0 aliphatic carbocycles. The zero-order chi connectivity index (χ0) is 27.9. The van der Waals surface area contributed by atoms with Crippen molar-refractivity contribution in [1.82, 2.24) is 10.2 Å². The molecule has 0 saturated carbocycles. The maximum Gasteiger partial charge on any atom is 0.209 e. The van der Waals surface area contributed by atoms with Gasteiger partial charge in [-0.1, -0.05) is 11.3 Å². The molecule has 202 valence electrons. The Morgan fingerprint density at radius 3 is 1.08 bits per heavy atom. The van der Waals surface area contributed by atoms with E-state index in [0.717, 1.165) is 0 Å². The molecular formula is C14H18N10O12S. The fourth-order valence-corrected chi connectivity index (χ4v) is 4.38. The molecule has 2 aromatic carbocycles. The molecule has 0 amide bonds. The van der Waals surface area contributed by atoms with Gasteiger partial charge in [-0.25, -0.2) is 31.2 Å². The Morgan fingerprint density at radius 2 is 0.838 bits per heavy atom. The van der Waals surface area contributed by atoms with Gasteiger partial charge in [-0.2, -0.15) is 31.4 Å². The third-order valence-corrected chi connectivity index (χ3v) is 5.90. The quantitative estimate of drug-likeness (QED) is 0.0915. The van der Waals surface area contributed by atoms with Crippen LogP contribution in [0, 0.1) is 31.2 Å². The minimum Gasteiger partial charge on any atom is -0.595 e. The minimum absolute atomic E-state index is 0.330. The Balaban J connectivity index is 2.39. The van der Waals surface area contributed by atoms with E-state index < -0.39 is 98.0 Å². The molecule has 3 aromatic rings. The molecule has 0 aliphatic rings. The average Bonchev–Trinajstić information content (AvgIpc) is 3.26. The maximum absolute atomic E-state index is 11.9. The van der Waals surface area contributed by atoms with E-state index in [1.54, 1.807) is 0 Å². The molecule has 1 aromatic heterocycles. The van der Waals surface area contributed by atoms with Crippen molar-refractivity contribution in [3.8, 4) is 21.1 Å². The van der Waals surface area contributed by atoms with Gasteiger partial charge in [0.05, 0.1) is 12.1 Å². The number of nitrogen functional groups attached to an aromatic ring is 2. The summed E-state index contributed by atoms with van der Waals surface area (Å²) in [6.07, 6.45) is 0. The van der Waals surface area contributed by atoms with Crippen molar-refractivity contribution in [3.05, 3.63) is 43.4 Å². The molecule has 0 aliphatic heterocycles. The molecule has 0 saturated heterocycles. The van der Waals surface area contributed by atoms with E-state index in [2.05, 4.69) is 10.2 Å². The van der Waals surface area contributed by atoms with E-state index in [0.29, 0.717) is 23.5 Å². The lowest BCUT2D eigenvalue weighted by Crippen LogP contribution is -3.03. The summed E-state index contributed by atoms with van der Waals surface area (Å²) in [4.78, 5) is 0. The van der Waals surface area contributed by atoms with Crippen LogP contribution in [0.2, 0.25) is 0 Å². The molecule has 0 radical (unpaired) electrons. The third-order valence-electron chi connectivity index (χ3n) is 4.94. The standard InChI is InChI=1S/C14H18N10O12S/c15-9-5(21(29)30)1-3(19(25)26)7(11(9)23(33)34)13-17-18-14(37-13)8-4(20(27)28)2-6(22(31)32)10(16)12(8)24(35)36/h1-2,19-25,27,29,31,33,35H,15-16H2. The minimum atomic E-state index is -1.83. The number of nitrogens with two attached hydrogens (primary N) is 2. The summed E-state index contributed by atoms with van der Waals surface area (Å²) in [5.41, 5.74) is 3.05. The van der Waals surface area contributed by atoms with E-state index in [1.807, 2.05) is 0 Å². The number of aromatic nitrogens is 2. The number of rotatable bonds is 8. The Kier molecular flexibility index (Phi) is 8.23. The summed E-state index contributed by atoms with van der Waals surface area (Å²) in [6.45, 7) is 0. The average molecular weight is 550 g/mol. The highest BCUT2D eigenvalue weighted by molar-refractivity contribution is 7.18. The monoisotopic (exact) mass is 550 g/mol. The number of quaternary nitrogens is 6. The first-order valence-corrected chi connectivity index (χ1v) is 10.2. The molecule has 3 rings (SSSR count). The lowest BCUT2D eigenvalue weighted by Gasteiger charge is -2.24. The van der Waals surface area contributed by atoms with Crippen LogP contribution in [-0.2, 0) is 0 Å². The van der Waals surface area contributed by atoms with Crippen LogP contribution in [0.3, 0.4) is 0 Å². The SMILES string of the molecule is Nc1c([NH+]([O-])O)cc([NH+]([O-])O)c(-c2nnc(-c3c([NH+]([O-])O)cc([NH+]([O-])O)c(N)c3[NH+]([O-])O)s2)c1[NH+]([O-])O. The lowest BCUT2D eigenvalue weighted by molar-refractivity contribution is -1.000. The van der Waals surface area contributed by atoms with Crippen molar-refractivity contribution in [2.75, 3.05) is 11.5 Å². The van der Waals surface area contributed by atoms with E-state index in [1.165, 1.54) is 0 Å². The summed E-state index contributed by atoms with van der Waals surface area (Å²) in [5, 5.41) is 123. The zero-order valence-corrected chi connectivity index (χ0v) is 18.6. The van der Waals surface area contributed by atoms with Crippen LogP contribution in [-0.4, -0.2) is 41.4 Å². The van der Waals surface area contributed by atoms with Crippen molar-refractivity contribution in [1.29, 1.82) is 0 Å². The topological polar surface area (TPSA) is 364 Å². The van der Waals surface area contributed by atoms with Gasteiger partial charge in [-0.05, 0) is 0 Å². The van der Waals surface area contributed by atoms with Crippen molar-refractivity contribution >= 4 is 56.8 Å². The van der Waals surface area contributed by atoms with Crippen LogP contribution in [0.4, 0.5) is 45.5 Å². The molecule has 22 nitrogen and oxygen atoms in total. The Morgan fingerprint density at radius 1 is 0.541 bits per heavy atom. The van der Waals surface area contributed by atoms with E-state index in [9.17, 15) is 62.5 Å². The maximum atomic E-state index is 11.9. The first-order chi connectivity index (χ1) is 17.2. The fourth-order valence-electron chi connectivity index (χ4n) is 3.40. The second-order valence-corrected chi connectivity index (χ2v) is 7.99. The van der Waals surface area contributed by atoms with Crippen LogP contribution >= 0.6 is 11.3 Å². The molecule has 37 heavy (non-hydrogen) atoms. The number of benzene rings is 2. The molecule has 16 N–H and O–H groups in total. The first kappa shape index (κ1) is 28.5. The molecule has 23 heteroatoms. The molecule has 0 spiro atoms. The predicted molar refractivity (Wildman–Crippen MR) is 114 cm³/mol. The summed E-state index contributed by atoms with van der Waals surface area (Å²) in [5.74, 6) is 0. The van der Waals surface area contributed by atoms with Gasteiger partial charge in [-0.15, -0.1) is 10.2 Å². The lowest BCUT2D eigenvalue weighted by atomic mass is 10.1. The Bertz CT molecular complexity index is 1200. The molecule has 1 heterocycles. The van der Waals surface area contributed by atoms with E-state index >= 15 is 0 Å². The second-order valence-electron chi connectivity index (χ2n) is 7.01. The van der Waals surface area contributed by atoms with Gasteiger partial charge < -0.3 is 42.7 Å². The van der Waals surface area contributed by atoms with Crippen molar-refractivity contribution < 1.29 is 62.6 Å². The van der Waals surface area contributed by atoms with Crippen LogP contribution in [0.25, 0.3) is 21.1 Å². The molecule has 0 fully saturated rings. The summed E-state index contributed by atoms with van der Waals surface area (Å²) in [7, 11) is 0. The smallest absolute Gasteiger partial charge is 0.209 e. The van der Waals surface area contributed by atoms with Crippen molar-refractivity contribution in [2.24, 2.45) is 0 Å². The summed E-state index contributed by atoms with van der Waals surface area (Å²) >= 11 is 0.330. The van der Waals surface area contributed by atoms with Crippen LogP contribution < -0.4 is 42.8 Å². The number of hydrogen-bond donors (Lipinski definition) is 14. The highest BCUT2D eigenvalue weighted by Gasteiger charge is 2.35. The van der Waals surface area contributed by atoms with Crippen LogP contribution in [0.15, 0.2) is 12.1 Å².